The van der Waals surface area contributed by atoms with Gasteiger partial charge in [-0.1, -0.05) is 50.1 Å². The normalized spacial score (nSPS) is 10.7. The molecule has 0 bridgehead atoms. The van der Waals surface area contributed by atoms with Crippen molar-refractivity contribution in [3.63, 3.8) is 0 Å². The molecule has 8 heteroatoms. The lowest BCUT2D eigenvalue weighted by Crippen LogP contribution is -2.28. The molecular formula is C24H27N3O5. The fourth-order valence-electron chi connectivity index (χ4n) is 3.29. The summed E-state index contributed by atoms with van der Waals surface area (Å²) in [6.07, 6.45) is 2.72. The number of carbonyl (C=O) groups excluding carboxylic acids is 2. The van der Waals surface area contributed by atoms with Gasteiger partial charge in [-0.15, -0.1) is 0 Å². The Hall–Kier alpha value is -3.68. The second-order valence-corrected chi connectivity index (χ2v) is 7.18. The molecule has 1 aromatic heterocycles. The highest BCUT2D eigenvalue weighted by molar-refractivity contribution is 6.03. The van der Waals surface area contributed by atoms with Crippen molar-refractivity contribution in [2.24, 2.45) is 0 Å². The molecule has 1 heterocycles. The first kappa shape index (κ1) is 23.0. The topological polar surface area (TPSA) is 99.5 Å². The summed E-state index contributed by atoms with van der Waals surface area (Å²) in [6.45, 7) is 4.28. The van der Waals surface area contributed by atoms with Crippen molar-refractivity contribution in [3.8, 4) is 5.75 Å². The van der Waals surface area contributed by atoms with Crippen molar-refractivity contribution in [1.82, 2.24) is 9.78 Å². The van der Waals surface area contributed by atoms with Crippen LogP contribution in [-0.2, 0) is 16.1 Å². The van der Waals surface area contributed by atoms with Crippen LogP contribution in [0, 0.1) is 0 Å². The molecule has 8 nitrogen and oxygen atoms in total. The Bertz CT molecular complexity index is 1160. The summed E-state index contributed by atoms with van der Waals surface area (Å²) >= 11 is 0. The summed E-state index contributed by atoms with van der Waals surface area (Å²) in [5, 5.41) is 7.72. The van der Waals surface area contributed by atoms with E-state index in [0.29, 0.717) is 35.4 Å². The third-order valence-corrected chi connectivity index (χ3v) is 4.83. The molecule has 0 saturated carbocycles. The average molecular weight is 437 g/mol. The van der Waals surface area contributed by atoms with Gasteiger partial charge in [-0.3, -0.25) is 9.59 Å². The first-order chi connectivity index (χ1) is 15.5. The van der Waals surface area contributed by atoms with Crippen molar-refractivity contribution >= 4 is 28.3 Å². The Morgan fingerprint density at radius 1 is 1.00 bits per heavy atom. The van der Waals surface area contributed by atoms with Gasteiger partial charge in [-0.2, -0.15) is 5.10 Å². The number of aromatic nitrogens is 2. The third-order valence-electron chi connectivity index (χ3n) is 4.83. The minimum Gasteiger partial charge on any atom is -0.492 e. The van der Waals surface area contributed by atoms with Crippen molar-refractivity contribution in [2.75, 3.05) is 18.5 Å². The molecule has 0 unspecified atom stereocenters. The van der Waals surface area contributed by atoms with Gasteiger partial charge in [0.2, 0.25) is 0 Å². The molecule has 0 atom stereocenters. The predicted octanol–water partition coefficient (Wildman–Crippen LogP) is 3.78. The number of rotatable bonds is 10. The van der Waals surface area contributed by atoms with E-state index < -0.39 is 18.5 Å². The maximum Gasteiger partial charge on any atom is 0.359 e. The summed E-state index contributed by atoms with van der Waals surface area (Å²) < 4.78 is 12.0. The second kappa shape index (κ2) is 11.1. The lowest BCUT2D eigenvalue weighted by molar-refractivity contribution is -0.119. The molecule has 0 aliphatic carbocycles. The van der Waals surface area contributed by atoms with E-state index in [1.807, 2.05) is 6.92 Å². The number of nitrogens with zero attached hydrogens (tertiary/aromatic N) is 2. The molecule has 0 spiro atoms. The lowest BCUT2D eigenvalue weighted by Gasteiger charge is -2.12. The lowest BCUT2D eigenvalue weighted by atomic mass is 10.1. The summed E-state index contributed by atoms with van der Waals surface area (Å²) in [6, 6.07) is 13.8. The number of nitrogens with one attached hydrogen (secondary N) is 1. The third kappa shape index (κ3) is 5.51. The van der Waals surface area contributed by atoms with Crippen molar-refractivity contribution < 1.29 is 19.1 Å². The molecule has 0 aliphatic rings. The largest absolute Gasteiger partial charge is 0.492 e. The molecule has 0 aliphatic heterocycles. The molecule has 1 N–H and O–H groups in total. The number of hydrogen-bond acceptors (Lipinski definition) is 6. The molecule has 0 fully saturated rings. The number of para-hydroxylation sites is 2. The zero-order chi connectivity index (χ0) is 22.9. The Morgan fingerprint density at radius 2 is 1.72 bits per heavy atom. The summed E-state index contributed by atoms with van der Waals surface area (Å²) in [7, 11) is 0. The number of esters is 1. The Kier molecular flexibility index (Phi) is 7.96. The molecule has 32 heavy (non-hydrogen) atoms. The monoisotopic (exact) mass is 437 g/mol. The minimum absolute atomic E-state index is 0.0132. The first-order valence-corrected chi connectivity index (χ1v) is 10.7. The van der Waals surface area contributed by atoms with Crippen LogP contribution >= 0.6 is 0 Å². The fourth-order valence-corrected chi connectivity index (χ4v) is 3.29. The van der Waals surface area contributed by atoms with E-state index in [2.05, 4.69) is 17.3 Å². The van der Waals surface area contributed by atoms with Gasteiger partial charge in [-0.25, -0.2) is 9.48 Å². The number of ether oxygens (including phenoxy) is 2. The van der Waals surface area contributed by atoms with Crippen LogP contribution in [0.15, 0.2) is 53.3 Å². The van der Waals surface area contributed by atoms with Gasteiger partial charge in [0.15, 0.2) is 12.3 Å². The molecule has 168 valence electrons. The van der Waals surface area contributed by atoms with Crippen LogP contribution in [0.4, 0.5) is 5.69 Å². The molecule has 1 amide bonds. The number of aryl methyl sites for hydroxylation is 1. The summed E-state index contributed by atoms with van der Waals surface area (Å²) in [4.78, 5) is 37.8. The average Bonchev–Trinajstić information content (AvgIpc) is 2.80. The Labute approximate surface area is 186 Å². The molecule has 3 rings (SSSR count). The van der Waals surface area contributed by atoms with Crippen LogP contribution in [0.1, 0.15) is 43.6 Å². The van der Waals surface area contributed by atoms with Crippen LogP contribution in [0.5, 0.6) is 5.75 Å². The number of anilines is 1. The molecule has 2 aromatic carbocycles. The van der Waals surface area contributed by atoms with E-state index in [1.165, 1.54) is 4.68 Å². The highest BCUT2D eigenvalue weighted by atomic mass is 16.5. The maximum absolute atomic E-state index is 12.8. The van der Waals surface area contributed by atoms with Crippen molar-refractivity contribution in [2.45, 2.75) is 39.7 Å². The van der Waals surface area contributed by atoms with Crippen LogP contribution in [0.25, 0.3) is 10.8 Å². The number of fused-ring (bicyclic) bond motifs is 1. The van der Waals surface area contributed by atoms with Gasteiger partial charge in [0.25, 0.3) is 11.5 Å². The van der Waals surface area contributed by atoms with Gasteiger partial charge in [0, 0.05) is 11.9 Å². The van der Waals surface area contributed by atoms with Gasteiger partial charge in [-0.05, 0) is 31.5 Å². The zero-order valence-corrected chi connectivity index (χ0v) is 18.3. The van der Waals surface area contributed by atoms with E-state index in [1.54, 1.807) is 48.5 Å². The molecule has 0 saturated heterocycles. The summed E-state index contributed by atoms with van der Waals surface area (Å²) in [5.41, 5.74) is 0.251. The number of carbonyl (C=O) groups is 2. The van der Waals surface area contributed by atoms with Crippen LogP contribution in [0.2, 0.25) is 0 Å². The Balaban J connectivity index is 1.76. The highest BCUT2D eigenvalue weighted by Crippen LogP contribution is 2.23. The van der Waals surface area contributed by atoms with E-state index in [-0.39, 0.29) is 11.3 Å². The standard InChI is InChI=1S/C24H27N3O5/c1-3-5-10-15-27-23(29)18-12-7-6-11-17(18)22(26-27)24(30)32-16-21(28)25-19-13-8-9-14-20(19)31-4-2/h6-9,11-14H,3-5,10,15-16H2,1-2H3,(H,25,28). The molecule has 3 aromatic rings. The van der Waals surface area contributed by atoms with E-state index in [0.717, 1.165) is 19.3 Å². The number of amides is 1. The number of hydrogen-bond donors (Lipinski definition) is 1. The second-order valence-electron chi connectivity index (χ2n) is 7.18. The fraction of sp³-hybridized carbons (Fsp3) is 0.333. The van der Waals surface area contributed by atoms with E-state index in [9.17, 15) is 14.4 Å². The smallest absolute Gasteiger partial charge is 0.359 e. The van der Waals surface area contributed by atoms with Crippen molar-refractivity contribution in [3.05, 3.63) is 64.6 Å². The Morgan fingerprint density at radius 3 is 2.47 bits per heavy atom. The van der Waals surface area contributed by atoms with Crippen LogP contribution in [-0.4, -0.2) is 34.9 Å². The molecule has 0 radical (unpaired) electrons. The zero-order valence-electron chi connectivity index (χ0n) is 18.3. The van der Waals surface area contributed by atoms with Gasteiger partial charge in [0.05, 0.1) is 17.7 Å². The van der Waals surface area contributed by atoms with Gasteiger partial charge in [0.1, 0.15) is 5.75 Å². The van der Waals surface area contributed by atoms with Crippen LogP contribution in [0.3, 0.4) is 0 Å². The number of benzene rings is 2. The minimum atomic E-state index is -0.765. The van der Waals surface area contributed by atoms with E-state index in [4.69, 9.17) is 9.47 Å². The predicted molar refractivity (Wildman–Crippen MR) is 122 cm³/mol. The van der Waals surface area contributed by atoms with E-state index >= 15 is 0 Å². The SMILES string of the molecule is CCCCCn1nc(C(=O)OCC(=O)Nc2ccccc2OCC)c2ccccc2c1=O. The first-order valence-electron chi connectivity index (χ1n) is 10.7. The quantitative estimate of drug-likeness (QED) is 0.383. The maximum atomic E-state index is 12.8. The van der Waals surface area contributed by atoms with Crippen molar-refractivity contribution in [1.29, 1.82) is 0 Å². The summed E-state index contributed by atoms with van der Waals surface area (Å²) in [5.74, 6) is -0.744. The van der Waals surface area contributed by atoms with Gasteiger partial charge < -0.3 is 14.8 Å². The number of unbranched alkanes of at least 4 members (excludes halogenated alkanes) is 2. The van der Waals surface area contributed by atoms with Gasteiger partial charge >= 0.3 is 5.97 Å². The molecular weight excluding hydrogens is 410 g/mol. The highest BCUT2D eigenvalue weighted by Gasteiger charge is 2.19. The van der Waals surface area contributed by atoms with Crippen LogP contribution < -0.4 is 15.6 Å².